The van der Waals surface area contributed by atoms with Crippen molar-refractivity contribution in [1.82, 2.24) is 4.98 Å². The van der Waals surface area contributed by atoms with Gasteiger partial charge in [-0.1, -0.05) is 54.6 Å². The number of rotatable bonds is 4. The average molecular weight is 456 g/mol. The van der Waals surface area contributed by atoms with Gasteiger partial charge in [-0.3, -0.25) is 0 Å². The van der Waals surface area contributed by atoms with Crippen LogP contribution in [0.5, 0.6) is 0 Å². The Kier molecular flexibility index (Phi) is 4.82. The fraction of sp³-hybridized carbons (Fsp3) is 0.0769. The van der Waals surface area contributed by atoms with E-state index in [-0.39, 0.29) is 11.9 Å². The minimum absolute atomic E-state index is 0.0108. The molecule has 32 heavy (non-hydrogen) atoms. The highest BCUT2D eigenvalue weighted by Crippen LogP contribution is 2.40. The molecule has 1 aliphatic heterocycles. The van der Waals surface area contributed by atoms with E-state index in [1.54, 1.807) is 22.7 Å². The maximum atomic E-state index is 13.5. The van der Waals surface area contributed by atoms with Gasteiger partial charge in [-0.2, -0.15) is 5.10 Å². The average Bonchev–Trinajstić information content (AvgIpc) is 3.59. The van der Waals surface area contributed by atoms with Crippen molar-refractivity contribution < 1.29 is 4.39 Å². The lowest BCUT2D eigenvalue weighted by Crippen LogP contribution is -2.18. The van der Waals surface area contributed by atoms with Crippen molar-refractivity contribution in [3.63, 3.8) is 0 Å². The Labute approximate surface area is 193 Å². The van der Waals surface area contributed by atoms with Crippen LogP contribution >= 0.6 is 22.7 Å². The van der Waals surface area contributed by atoms with Crippen LogP contribution in [0.3, 0.4) is 0 Å². The highest BCUT2D eigenvalue weighted by Gasteiger charge is 2.32. The molecule has 0 saturated heterocycles. The molecule has 0 aliphatic carbocycles. The highest BCUT2D eigenvalue weighted by molar-refractivity contribution is 7.14. The van der Waals surface area contributed by atoms with E-state index < -0.39 is 0 Å². The fourth-order valence-electron chi connectivity index (χ4n) is 4.07. The zero-order valence-electron chi connectivity index (χ0n) is 17.0. The molecule has 3 aromatic carbocycles. The van der Waals surface area contributed by atoms with Crippen LogP contribution in [0.15, 0.2) is 94.7 Å². The van der Waals surface area contributed by atoms with E-state index in [0.717, 1.165) is 39.0 Å². The number of thiophene rings is 1. The van der Waals surface area contributed by atoms with Crippen LogP contribution in [0.4, 0.5) is 9.52 Å². The molecule has 0 fully saturated rings. The van der Waals surface area contributed by atoms with Crippen molar-refractivity contribution in [2.75, 3.05) is 5.01 Å². The number of halogens is 1. The summed E-state index contributed by atoms with van der Waals surface area (Å²) >= 11 is 3.27. The van der Waals surface area contributed by atoms with Crippen molar-refractivity contribution in [1.29, 1.82) is 0 Å². The number of anilines is 1. The van der Waals surface area contributed by atoms with Crippen LogP contribution in [0, 0.1) is 5.82 Å². The number of thiazole rings is 1. The van der Waals surface area contributed by atoms with Gasteiger partial charge in [0.2, 0.25) is 5.13 Å². The summed E-state index contributed by atoms with van der Waals surface area (Å²) in [5, 5.41) is 14.4. The number of hydrogen-bond donors (Lipinski definition) is 0. The molecular formula is C26H18FN3S2. The molecule has 2 aromatic heterocycles. The van der Waals surface area contributed by atoms with Gasteiger partial charge in [0.15, 0.2) is 0 Å². The largest absolute Gasteiger partial charge is 0.231 e. The molecule has 0 spiro atoms. The van der Waals surface area contributed by atoms with Gasteiger partial charge < -0.3 is 0 Å². The summed E-state index contributed by atoms with van der Waals surface area (Å²) in [4.78, 5) is 6.10. The monoisotopic (exact) mass is 455 g/mol. The number of hydrogen-bond acceptors (Lipinski definition) is 5. The first-order valence-corrected chi connectivity index (χ1v) is 12.1. The first kappa shape index (κ1) is 19.3. The molecule has 0 saturated carbocycles. The summed E-state index contributed by atoms with van der Waals surface area (Å²) in [6.45, 7) is 0. The van der Waals surface area contributed by atoms with Crippen molar-refractivity contribution in [2.24, 2.45) is 5.10 Å². The molecule has 0 amide bonds. The summed E-state index contributed by atoms with van der Waals surface area (Å²) in [5.41, 5.74) is 4.10. The Morgan fingerprint density at radius 2 is 1.72 bits per heavy atom. The summed E-state index contributed by atoms with van der Waals surface area (Å²) in [6.07, 6.45) is 0.761. The van der Waals surface area contributed by atoms with Crippen LogP contribution in [-0.4, -0.2) is 10.7 Å². The van der Waals surface area contributed by atoms with Crippen molar-refractivity contribution in [2.45, 2.75) is 12.5 Å². The molecule has 0 N–H and O–H groups in total. The quantitative estimate of drug-likeness (QED) is 0.280. The van der Waals surface area contributed by atoms with Crippen molar-refractivity contribution in [3.05, 3.63) is 106 Å². The standard InChI is InChI=1S/C26H18FN3S2/c27-21-11-9-18(10-12-21)24-15-22(25-6-3-13-31-25)29-30(24)26-28-23(16-32-26)20-8-7-17-4-1-2-5-19(17)14-20/h1-14,16,24H,15H2. The van der Waals surface area contributed by atoms with Gasteiger partial charge in [0.05, 0.1) is 22.3 Å². The van der Waals surface area contributed by atoms with E-state index in [2.05, 4.69) is 59.3 Å². The van der Waals surface area contributed by atoms with Gasteiger partial charge in [0.1, 0.15) is 5.82 Å². The van der Waals surface area contributed by atoms with Gasteiger partial charge >= 0.3 is 0 Å². The van der Waals surface area contributed by atoms with Crippen molar-refractivity contribution in [3.8, 4) is 11.3 Å². The van der Waals surface area contributed by atoms with Gasteiger partial charge in [0.25, 0.3) is 0 Å². The zero-order chi connectivity index (χ0) is 21.5. The topological polar surface area (TPSA) is 28.5 Å². The predicted molar refractivity (Wildman–Crippen MR) is 132 cm³/mol. The highest BCUT2D eigenvalue weighted by atomic mass is 32.1. The summed E-state index contributed by atoms with van der Waals surface area (Å²) in [6, 6.07) is 25.6. The second kappa shape index (κ2) is 7.97. The zero-order valence-corrected chi connectivity index (χ0v) is 18.6. The lowest BCUT2D eigenvalue weighted by Gasteiger charge is -2.21. The smallest absolute Gasteiger partial charge is 0.207 e. The molecule has 156 valence electrons. The molecule has 1 atom stereocenters. The van der Waals surface area contributed by atoms with E-state index in [1.165, 1.54) is 22.9 Å². The Hall–Kier alpha value is -3.35. The van der Waals surface area contributed by atoms with Gasteiger partial charge in [-0.25, -0.2) is 14.4 Å². The van der Waals surface area contributed by atoms with Crippen LogP contribution in [0.1, 0.15) is 22.9 Å². The maximum Gasteiger partial charge on any atom is 0.207 e. The van der Waals surface area contributed by atoms with Gasteiger partial charge in [-0.05, 0) is 46.0 Å². The molecule has 6 rings (SSSR count). The molecule has 0 bridgehead atoms. The summed E-state index contributed by atoms with van der Waals surface area (Å²) in [7, 11) is 0. The third-order valence-electron chi connectivity index (χ3n) is 5.70. The SMILES string of the molecule is Fc1ccc(C2CC(c3cccs3)=NN2c2nc(-c3ccc4ccccc4c3)cs2)cc1. The molecule has 5 aromatic rings. The van der Waals surface area contributed by atoms with E-state index >= 15 is 0 Å². The third-order valence-corrected chi connectivity index (χ3v) is 7.45. The normalized spacial score (nSPS) is 16.0. The first-order chi connectivity index (χ1) is 15.7. The summed E-state index contributed by atoms with van der Waals surface area (Å²) < 4.78 is 13.5. The van der Waals surface area contributed by atoms with Gasteiger partial charge in [-0.15, -0.1) is 22.7 Å². The molecule has 1 unspecified atom stereocenters. The van der Waals surface area contributed by atoms with E-state index in [4.69, 9.17) is 10.1 Å². The summed E-state index contributed by atoms with van der Waals surface area (Å²) in [5.74, 6) is -0.231. The Morgan fingerprint density at radius 3 is 2.53 bits per heavy atom. The number of hydrazone groups is 1. The molecular weight excluding hydrogens is 437 g/mol. The number of benzene rings is 3. The Morgan fingerprint density at radius 1 is 0.875 bits per heavy atom. The first-order valence-electron chi connectivity index (χ1n) is 10.4. The molecule has 6 heteroatoms. The number of aromatic nitrogens is 1. The number of fused-ring (bicyclic) bond motifs is 1. The Bertz CT molecular complexity index is 1420. The van der Waals surface area contributed by atoms with Crippen LogP contribution < -0.4 is 5.01 Å². The van der Waals surface area contributed by atoms with Gasteiger partial charge in [0, 0.05) is 17.4 Å². The minimum atomic E-state index is -0.231. The van der Waals surface area contributed by atoms with Crippen LogP contribution in [0.25, 0.3) is 22.0 Å². The van der Waals surface area contributed by atoms with E-state index in [0.29, 0.717) is 0 Å². The lowest BCUT2D eigenvalue weighted by molar-refractivity contribution is 0.624. The maximum absolute atomic E-state index is 13.5. The molecule has 3 nitrogen and oxygen atoms in total. The molecule has 1 aliphatic rings. The minimum Gasteiger partial charge on any atom is -0.231 e. The third kappa shape index (κ3) is 3.51. The number of nitrogens with zero attached hydrogens (tertiary/aromatic N) is 3. The molecule has 0 radical (unpaired) electrons. The van der Waals surface area contributed by atoms with E-state index in [1.807, 2.05) is 23.2 Å². The molecule has 3 heterocycles. The van der Waals surface area contributed by atoms with Crippen LogP contribution in [0.2, 0.25) is 0 Å². The Balaban J connectivity index is 1.38. The van der Waals surface area contributed by atoms with Crippen molar-refractivity contribution >= 4 is 44.3 Å². The van der Waals surface area contributed by atoms with Crippen LogP contribution in [-0.2, 0) is 0 Å². The predicted octanol–water partition coefficient (Wildman–Crippen LogP) is 7.52. The second-order valence-electron chi connectivity index (χ2n) is 7.72. The fourth-order valence-corrected chi connectivity index (χ4v) is 5.63. The lowest BCUT2D eigenvalue weighted by atomic mass is 10.0. The second-order valence-corrected chi connectivity index (χ2v) is 9.50. The van der Waals surface area contributed by atoms with E-state index in [9.17, 15) is 4.39 Å².